The minimum absolute atomic E-state index is 0.520. The highest BCUT2D eigenvalue weighted by Gasteiger charge is 2.26. The average molecular weight is 412 g/mol. The zero-order chi connectivity index (χ0) is 22.0. The van der Waals surface area contributed by atoms with Crippen molar-refractivity contribution in [1.82, 2.24) is 0 Å². The SMILES string of the molecule is COc1ccc(C=CC(=O)OCC(C)(O)OC(=O)/C=C/c2ccccc2)cc1OC. The lowest BCUT2D eigenvalue weighted by atomic mass is 10.2. The van der Waals surface area contributed by atoms with Crippen LogP contribution in [0.15, 0.2) is 60.7 Å². The van der Waals surface area contributed by atoms with E-state index >= 15 is 0 Å². The second kappa shape index (κ2) is 10.8. The third-order valence-corrected chi connectivity index (χ3v) is 3.83. The van der Waals surface area contributed by atoms with Crippen LogP contribution in [0.25, 0.3) is 12.2 Å². The fourth-order valence-corrected chi connectivity index (χ4v) is 2.38. The topological polar surface area (TPSA) is 91.3 Å². The molecule has 2 aromatic rings. The molecule has 0 radical (unpaired) electrons. The number of benzene rings is 2. The van der Waals surface area contributed by atoms with Crippen molar-refractivity contribution in [1.29, 1.82) is 0 Å². The van der Waals surface area contributed by atoms with Crippen molar-refractivity contribution in [2.24, 2.45) is 0 Å². The van der Waals surface area contributed by atoms with E-state index < -0.39 is 24.3 Å². The van der Waals surface area contributed by atoms with Gasteiger partial charge >= 0.3 is 11.9 Å². The summed E-state index contributed by atoms with van der Waals surface area (Å²) in [6.07, 6.45) is 5.45. The molecule has 0 aromatic heterocycles. The van der Waals surface area contributed by atoms with Crippen molar-refractivity contribution in [2.45, 2.75) is 12.7 Å². The molecule has 0 aliphatic carbocycles. The first-order valence-electron chi connectivity index (χ1n) is 9.08. The molecule has 0 fully saturated rings. The maximum atomic E-state index is 11.9. The van der Waals surface area contributed by atoms with Crippen LogP contribution in [0.5, 0.6) is 11.5 Å². The highest BCUT2D eigenvalue weighted by Crippen LogP contribution is 2.27. The molecule has 0 heterocycles. The Morgan fingerprint density at radius 2 is 1.53 bits per heavy atom. The quantitative estimate of drug-likeness (QED) is 0.384. The van der Waals surface area contributed by atoms with Crippen LogP contribution in [-0.2, 0) is 19.1 Å². The number of esters is 2. The molecule has 30 heavy (non-hydrogen) atoms. The third kappa shape index (κ3) is 7.44. The fourth-order valence-electron chi connectivity index (χ4n) is 2.38. The van der Waals surface area contributed by atoms with E-state index in [2.05, 4.69) is 0 Å². The lowest BCUT2D eigenvalue weighted by molar-refractivity contribution is -0.215. The van der Waals surface area contributed by atoms with Crippen molar-refractivity contribution in [3.63, 3.8) is 0 Å². The maximum absolute atomic E-state index is 11.9. The van der Waals surface area contributed by atoms with Gasteiger partial charge in [0.1, 0.15) is 0 Å². The Morgan fingerprint density at radius 3 is 2.20 bits per heavy atom. The predicted octanol–water partition coefficient (Wildman–Crippen LogP) is 3.23. The minimum atomic E-state index is -1.97. The number of methoxy groups -OCH3 is 2. The van der Waals surface area contributed by atoms with E-state index in [1.54, 1.807) is 24.3 Å². The highest BCUT2D eigenvalue weighted by atomic mass is 16.7. The van der Waals surface area contributed by atoms with Crippen LogP contribution in [0.2, 0.25) is 0 Å². The Kier molecular flexibility index (Phi) is 8.19. The summed E-state index contributed by atoms with van der Waals surface area (Å²) in [7, 11) is 3.04. The number of rotatable bonds is 9. The Morgan fingerprint density at radius 1 is 0.900 bits per heavy atom. The van der Waals surface area contributed by atoms with Gasteiger partial charge < -0.3 is 24.1 Å². The molecule has 0 bridgehead atoms. The molecule has 0 saturated heterocycles. The maximum Gasteiger partial charge on any atom is 0.333 e. The average Bonchev–Trinajstić information content (AvgIpc) is 2.75. The van der Waals surface area contributed by atoms with Gasteiger partial charge in [0.2, 0.25) is 5.79 Å². The molecule has 1 N–H and O–H groups in total. The second-order valence-electron chi connectivity index (χ2n) is 6.40. The van der Waals surface area contributed by atoms with Gasteiger partial charge in [-0.15, -0.1) is 0 Å². The number of hydrogen-bond donors (Lipinski definition) is 1. The summed E-state index contributed by atoms with van der Waals surface area (Å²) in [5, 5.41) is 10.1. The third-order valence-electron chi connectivity index (χ3n) is 3.83. The Hall–Kier alpha value is -3.58. The monoisotopic (exact) mass is 412 g/mol. The van der Waals surface area contributed by atoms with Gasteiger partial charge in [-0.25, -0.2) is 9.59 Å². The van der Waals surface area contributed by atoms with Gasteiger partial charge in [0.15, 0.2) is 18.1 Å². The zero-order valence-corrected chi connectivity index (χ0v) is 17.0. The lowest BCUT2D eigenvalue weighted by Gasteiger charge is -2.21. The first-order chi connectivity index (χ1) is 14.3. The normalized spacial score (nSPS) is 13.1. The molecule has 158 valence electrons. The number of carbonyl (C=O) groups is 2. The van der Waals surface area contributed by atoms with Crippen LogP contribution >= 0.6 is 0 Å². The van der Waals surface area contributed by atoms with Crippen LogP contribution in [0.1, 0.15) is 18.1 Å². The molecule has 0 spiro atoms. The molecule has 7 heteroatoms. The summed E-state index contributed by atoms with van der Waals surface area (Å²) >= 11 is 0. The molecule has 0 aliphatic rings. The summed E-state index contributed by atoms with van der Waals surface area (Å²) in [4.78, 5) is 23.8. The van der Waals surface area contributed by atoms with Gasteiger partial charge in [-0.05, 0) is 35.4 Å². The molecule has 1 unspecified atom stereocenters. The van der Waals surface area contributed by atoms with Gasteiger partial charge in [-0.3, -0.25) is 0 Å². The van der Waals surface area contributed by atoms with Gasteiger partial charge in [0.25, 0.3) is 0 Å². The van der Waals surface area contributed by atoms with E-state index in [0.717, 1.165) is 5.56 Å². The van der Waals surface area contributed by atoms with Crippen LogP contribution in [0.3, 0.4) is 0 Å². The van der Waals surface area contributed by atoms with Crippen molar-refractivity contribution in [2.75, 3.05) is 20.8 Å². The largest absolute Gasteiger partial charge is 0.493 e. The Balaban J connectivity index is 1.86. The van der Waals surface area contributed by atoms with Crippen LogP contribution in [0.4, 0.5) is 0 Å². The fraction of sp³-hybridized carbons (Fsp3) is 0.217. The van der Waals surface area contributed by atoms with Gasteiger partial charge in [-0.2, -0.15) is 0 Å². The molecule has 0 amide bonds. The Labute approximate surface area is 175 Å². The molecule has 0 saturated carbocycles. The summed E-state index contributed by atoms with van der Waals surface area (Å²) in [5.74, 6) is -2.35. The van der Waals surface area contributed by atoms with E-state index in [0.29, 0.717) is 17.1 Å². The van der Waals surface area contributed by atoms with Crippen LogP contribution in [-0.4, -0.2) is 43.7 Å². The molecular weight excluding hydrogens is 388 g/mol. The summed E-state index contributed by atoms with van der Waals surface area (Å²) < 4.78 is 20.2. The van der Waals surface area contributed by atoms with Crippen LogP contribution in [0, 0.1) is 0 Å². The van der Waals surface area contributed by atoms with E-state index in [-0.39, 0.29) is 0 Å². The first kappa shape index (κ1) is 22.7. The van der Waals surface area contributed by atoms with Gasteiger partial charge in [-0.1, -0.05) is 36.4 Å². The molecule has 0 aliphatic heterocycles. The first-order valence-corrected chi connectivity index (χ1v) is 9.08. The summed E-state index contributed by atoms with van der Waals surface area (Å²) in [6.45, 7) is 0.708. The molecule has 7 nitrogen and oxygen atoms in total. The van der Waals surface area contributed by atoms with Gasteiger partial charge in [0, 0.05) is 19.1 Å². The zero-order valence-electron chi connectivity index (χ0n) is 17.0. The minimum Gasteiger partial charge on any atom is -0.493 e. The van der Waals surface area contributed by atoms with Crippen molar-refractivity contribution in [3.8, 4) is 11.5 Å². The molecule has 1 atom stereocenters. The van der Waals surface area contributed by atoms with E-state index in [1.165, 1.54) is 39.4 Å². The Bertz CT molecular complexity index is 914. The number of ether oxygens (including phenoxy) is 4. The predicted molar refractivity (Wildman–Crippen MR) is 112 cm³/mol. The second-order valence-corrected chi connectivity index (χ2v) is 6.40. The number of aliphatic hydroxyl groups is 1. The van der Waals surface area contributed by atoms with Gasteiger partial charge in [0.05, 0.1) is 14.2 Å². The standard InChI is InChI=1S/C23H24O7/c1-23(26,30-22(25)14-10-17-7-5-4-6-8-17)16-29-21(24)13-11-18-9-12-19(27-2)20(15-18)28-3/h4-15,26H,16H2,1-3H3/b13-11?,14-10+. The number of carbonyl (C=O) groups excluding carboxylic acids is 2. The van der Waals surface area contributed by atoms with E-state index in [4.69, 9.17) is 18.9 Å². The molecule has 2 aromatic carbocycles. The van der Waals surface area contributed by atoms with Crippen molar-refractivity contribution >= 4 is 24.1 Å². The van der Waals surface area contributed by atoms with Crippen molar-refractivity contribution in [3.05, 3.63) is 71.8 Å². The number of hydrogen-bond acceptors (Lipinski definition) is 7. The van der Waals surface area contributed by atoms with Crippen LogP contribution < -0.4 is 9.47 Å². The van der Waals surface area contributed by atoms with Crippen molar-refractivity contribution < 1.29 is 33.6 Å². The smallest absolute Gasteiger partial charge is 0.333 e. The van der Waals surface area contributed by atoms with E-state index in [9.17, 15) is 14.7 Å². The summed E-state index contributed by atoms with van der Waals surface area (Å²) in [5.41, 5.74) is 1.50. The summed E-state index contributed by atoms with van der Waals surface area (Å²) in [6, 6.07) is 14.3. The highest BCUT2D eigenvalue weighted by molar-refractivity contribution is 5.88. The molecule has 2 rings (SSSR count). The molecular formula is C23H24O7. The lowest BCUT2D eigenvalue weighted by Crippen LogP contribution is -2.36. The van der Waals surface area contributed by atoms with E-state index in [1.807, 2.05) is 30.3 Å².